The molecule has 0 aliphatic heterocycles. The van der Waals surface area contributed by atoms with Crippen LogP contribution in [-0.2, 0) is 4.79 Å². The normalized spacial score (nSPS) is 10.5. The van der Waals surface area contributed by atoms with Gasteiger partial charge in [0.25, 0.3) is 5.91 Å². The molecule has 2 nitrogen and oxygen atoms in total. The van der Waals surface area contributed by atoms with Crippen molar-refractivity contribution in [3.63, 3.8) is 0 Å². The van der Waals surface area contributed by atoms with Crippen LogP contribution in [0, 0.1) is 12.3 Å². The number of carbonyl (C=O) groups excluding carboxylic acids is 1. The average molecular weight is 279 g/mol. The van der Waals surface area contributed by atoms with E-state index in [4.69, 9.17) is 6.42 Å². The average Bonchev–Trinajstić information content (AvgIpc) is 2.46. The number of amides is 1. The number of nitrogens with one attached hydrogen (secondary N) is 1. The predicted molar refractivity (Wildman–Crippen MR) is 87.5 cm³/mol. The maximum atomic E-state index is 11.3. The summed E-state index contributed by atoms with van der Waals surface area (Å²) in [4.78, 5) is 11.3. The molecule has 0 fully saturated rings. The van der Waals surface area contributed by atoms with Gasteiger partial charge in [-0.1, -0.05) is 78.1 Å². The summed E-state index contributed by atoms with van der Waals surface area (Å²) in [6.07, 6.45) is 20.0. The summed E-state index contributed by atoms with van der Waals surface area (Å²) in [5, 5.41) is 2.97. The molecule has 1 N–H and O–H groups in total. The summed E-state index contributed by atoms with van der Waals surface area (Å²) < 4.78 is 0. The minimum Gasteiger partial charge on any atom is -0.343 e. The van der Waals surface area contributed by atoms with E-state index in [1.54, 1.807) is 0 Å². The van der Waals surface area contributed by atoms with Crippen molar-refractivity contribution >= 4 is 5.91 Å². The Morgan fingerprint density at radius 2 is 1.35 bits per heavy atom. The van der Waals surface area contributed by atoms with Crippen molar-refractivity contribution in [3.8, 4) is 12.3 Å². The van der Waals surface area contributed by atoms with Gasteiger partial charge in [-0.15, -0.1) is 6.42 Å². The van der Waals surface area contributed by atoms with Crippen LogP contribution >= 0.6 is 0 Å². The highest BCUT2D eigenvalue weighted by molar-refractivity contribution is 5.92. The van der Waals surface area contributed by atoms with Crippen molar-refractivity contribution in [1.29, 1.82) is 0 Å². The fraction of sp³-hybridized carbons (Fsp3) is 0.833. The monoisotopic (exact) mass is 279 g/mol. The maximum absolute atomic E-state index is 11.3. The Kier molecular flexibility index (Phi) is 13.7. The van der Waals surface area contributed by atoms with Crippen LogP contribution in [0.4, 0.5) is 0 Å². The molecule has 0 aromatic rings. The van der Waals surface area contributed by atoms with Crippen LogP contribution in [0.25, 0.3) is 0 Å². The molecule has 0 aromatic heterocycles. The second-order valence-electron chi connectivity index (χ2n) is 5.72. The van der Waals surface area contributed by atoms with Crippen LogP contribution < -0.4 is 5.32 Å². The molecular weight excluding hydrogens is 246 g/mol. The molecule has 0 aliphatic rings. The zero-order valence-corrected chi connectivity index (χ0v) is 13.5. The van der Waals surface area contributed by atoms with Crippen LogP contribution in [0.3, 0.4) is 0 Å². The van der Waals surface area contributed by atoms with Gasteiger partial charge in [-0.05, 0) is 18.8 Å². The summed E-state index contributed by atoms with van der Waals surface area (Å²) in [5.74, 6) is 1.91. The summed E-state index contributed by atoms with van der Waals surface area (Å²) in [5.41, 5.74) is 0. The van der Waals surface area contributed by atoms with Gasteiger partial charge in [-0.2, -0.15) is 0 Å². The third-order valence-electron chi connectivity index (χ3n) is 3.78. The molecule has 0 radical (unpaired) electrons. The number of hydrogen-bond donors (Lipinski definition) is 1. The predicted octanol–water partition coefficient (Wildman–Crippen LogP) is 4.83. The van der Waals surface area contributed by atoms with E-state index in [1.807, 2.05) is 0 Å². The Morgan fingerprint density at radius 3 is 1.75 bits per heavy atom. The molecule has 0 spiro atoms. The number of carbonyl (C=O) groups is 1. The second kappa shape index (κ2) is 14.4. The van der Waals surface area contributed by atoms with Crippen molar-refractivity contribution < 1.29 is 4.79 Å². The van der Waals surface area contributed by atoms with E-state index in [-0.39, 0.29) is 11.9 Å². The minimum absolute atomic E-state index is 0.253. The molecule has 0 aromatic carbocycles. The highest BCUT2D eigenvalue weighted by Gasteiger charge is 2.10. The first-order chi connectivity index (χ1) is 9.74. The van der Waals surface area contributed by atoms with Gasteiger partial charge in [-0.3, -0.25) is 4.79 Å². The van der Waals surface area contributed by atoms with Gasteiger partial charge in [0, 0.05) is 6.04 Å². The molecule has 0 atom stereocenters. The number of terminal acetylenes is 1. The summed E-state index contributed by atoms with van der Waals surface area (Å²) in [6, 6.07) is 0.279. The van der Waals surface area contributed by atoms with Crippen LogP contribution in [0.5, 0.6) is 0 Å². The Bertz CT molecular complexity index is 253. The van der Waals surface area contributed by atoms with Gasteiger partial charge < -0.3 is 5.32 Å². The van der Waals surface area contributed by atoms with Gasteiger partial charge in [0.15, 0.2) is 0 Å². The van der Waals surface area contributed by atoms with E-state index in [1.165, 1.54) is 64.2 Å². The molecular formula is C18H33NO. The Labute approximate surface area is 126 Å². The van der Waals surface area contributed by atoms with Crippen molar-refractivity contribution in [2.45, 2.75) is 96.9 Å². The van der Waals surface area contributed by atoms with Gasteiger partial charge >= 0.3 is 0 Å². The first kappa shape index (κ1) is 19.0. The van der Waals surface area contributed by atoms with Gasteiger partial charge in [0.2, 0.25) is 0 Å². The number of unbranched alkanes of at least 4 members (excludes halogenated alkanes) is 8. The van der Waals surface area contributed by atoms with Gasteiger partial charge in [0.05, 0.1) is 0 Å². The highest BCUT2D eigenvalue weighted by atomic mass is 16.1. The molecule has 2 heteroatoms. The van der Waals surface area contributed by atoms with Crippen LogP contribution in [-0.4, -0.2) is 11.9 Å². The number of hydrogen-bond acceptors (Lipinski definition) is 1. The third kappa shape index (κ3) is 12.1. The van der Waals surface area contributed by atoms with Gasteiger partial charge in [-0.25, -0.2) is 0 Å². The molecule has 0 unspecified atom stereocenters. The minimum atomic E-state index is -0.253. The summed E-state index contributed by atoms with van der Waals surface area (Å²) >= 11 is 0. The van der Waals surface area contributed by atoms with E-state index < -0.39 is 0 Å². The van der Waals surface area contributed by atoms with Crippen molar-refractivity contribution in [1.82, 2.24) is 5.32 Å². The molecule has 0 rings (SSSR count). The zero-order chi connectivity index (χ0) is 15.1. The molecule has 0 aliphatic carbocycles. The fourth-order valence-corrected chi connectivity index (χ4v) is 2.50. The number of rotatable bonds is 13. The second-order valence-corrected chi connectivity index (χ2v) is 5.72. The molecule has 20 heavy (non-hydrogen) atoms. The largest absolute Gasteiger partial charge is 0.343 e. The molecule has 1 amide bonds. The zero-order valence-electron chi connectivity index (χ0n) is 13.5. The van der Waals surface area contributed by atoms with Crippen LogP contribution in [0.1, 0.15) is 90.9 Å². The Morgan fingerprint density at radius 1 is 0.900 bits per heavy atom. The smallest absolute Gasteiger partial charge is 0.295 e. The van der Waals surface area contributed by atoms with Crippen LogP contribution in [0.15, 0.2) is 0 Å². The lowest BCUT2D eigenvalue weighted by atomic mass is 10.0. The Hall–Kier alpha value is -0.970. The quantitative estimate of drug-likeness (QED) is 0.380. The Balaban J connectivity index is 3.83. The standard InChI is InChI=1S/C18H33NO/c1-4-7-9-11-13-15-17(19-18(20)6-3)16-14-12-10-8-5-2/h3,17H,4-5,7-16H2,1-2H3,(H,19,20). The SMILES string of the molecule is C#CC(=O)NC(CCCCCCC)CCCCCCC. The highest BCUT2D eigenvalue weighted by Crippen LogP contribution is 2.13. The van der Waals surface area contributed by atoms with Crippen molar-refractivity contribution in [2.75, 3.05) is 0 Å². The molecule has 0 bridgehead atoms. The van der Waals surface area contributed by atoms with Crippen LogP contribution in [0.2, 0.25) is 0 Å². The van der Waals surface area contributed by atoms with E-state index >= 15 is 0 Å². The molecule has 116 valence electrons. The lowest BCUT2D eigenvalue weighted by molar-refractivity contribution is -0.116. The third-order valence-corrected chi connectivity index (χ3v) is 3.78. The van der Waals surface area contributed by atoms with Gasteiger partial charge in [0.1, 0.15) is 0 Å². The maximum Gasteiger partial charge on any atom is 0.295 e. The lowest BCUT2D eigenvalue weighted by Gasteiger charge is -2.17. The first-order valence-corrected chi connectivity index (χ1v) is 8.51. The summed E-state index contributed by atoms with van der Waals surface area (Å²) in [7, 11) is 0. The molecule has 0 saturated heterocycles. The van der Waals surface area contributed by atoms with Crippen molar-refractivity contribution in [2.24, 2.45) is 0 Å². The fourth-order valence-electron chi connectivity index (χ4n) is 2.50. The van der Waals surface area contributed by atoms with E-state index in [9.17, 15) is 4.79 Å². The molecule has 0 saturated carbocycles. The topological polar surface area (TPSA) is 29.1 Å². The first-order valence-electron chi connectivity index (χ1n) is 8.51. The van der Waals surface area contributed by atoms with E-state index in [0.29, 0.717) is 0 Å². The van der Waals surface area contributed by atoms with E-state index in [2.05, 4.69) is 25.1 Å². The van der Waals surface area contributed by atoms with E-state index in [0.717, 1.165) is 12.8 Å². The summed E-state index contributed by atoms with van der Waals surface area (Å²) in [6.45, 7) is 4.46. The molecule has 0 heterocycles. The lowest BCUT2D eigenvalue weighted by Crippen LogP contribution is -2.33. The van der Waals surface area contributed by atoms with Crippen molar-refractivity contribution in [3.05, 3.63) is 0 Å².